The predicted octanol–water partition coefficient (Wildman–Crippen LogP) is 2.79. The third-order valence-corrected chi connectivity index (χ3v) is 5.30. The van der Waals surface area contributed by atoms with Crippen molar-refractivity contribution < 1.29 is 23.6 Å². The van der Waals surface area contributed by atoms with E-state index in [-0.39, 0.29) is 22.7 Å². The minimum atomic E-state index is -1.02. The van der Waals surface area contributed by atoms with E-state index in [1.54, 1.807) is 0 Å². The highest BCUT2D eigenvalue weighted by molar-refractivity contribution is 6.45. The molecule has 27 heavy (non-hydrogen) atoms. The molecular weight excluding hydrogens is 377 g/mol. The van der Waals surface area contributed by atoms with Crippen LogP contribution in [-0.2, 0) is 14.4 Å². The Labute approximate surface area is 160 Å². The van der Waals surface area contributed by atoms with Gasteiger partial charge in [0.15, 0.2) is 0 Å². The second-order valence-corrected chi connectivity index (χ2v) is 7.26. The smallest absolute Gasteiger partial charge is 0.323 e. The number of anilines is 1. The van der Waals surface area contributed by atoms with Gasteiger partial charge in [0.1, 0.15) is 12.4 Å². The maximum atomic E-state index is 13.1. The van der Waals surface area contributed by atoms with Crippen LogP contribution in [0.4, 0.5) is 14.9 Å². The summed E-state index contributed by atoms with van der Waals surface area (Å²) in [6, 6.07) is 2.30. The van der Waals surface area contributed by atoms with E-state index in [1.807, 2.05) is 6.92 Å². The lowest BCUT2D eigenvalue weighted by Gasteiger charge is -2.34. The molecule has 1 heterocycles. The third-order valence-electron chi connectivity index (χ3n) is 4.99. The van der Waals surface area contributed by atoms with Crippen LogP contribution in [0.5, 0.6) is 0 Å². The van der Waals surface area contributed by atoms with Crippen LogP contribution in [0.2, 0.25) is 5.02 Å². The van der Waals surface area contributed by atoms with Gasteiger partial charge in [-0.05, 0) is 37.0 Å². The average Bonchev–Trinajstić information content (AvgIpc) is 2.82. The highest BCUT2D eigenvalue weighted by Gasteiger charge is 2.49. The van der Waals surface area contributed by atoms with Crippen molar-refractivity contribution in [3.8, 4) is 0 Å². The minimum absolute atomic E-state index is 0.0174. The second kappa shape index (κ2) is 7.64. The van der Waals surface area contributed by atoms with Crippen LogP contribution in [0, 0.1) is 11.7 Å². The number of urea groups is 1. The third kappa shape index (κ3) is 3.80. The molecule has 144 valence electrons. The Morgan fingerprint density at radius 3 is 2.59 bits per heavy atom. The first-order chi connectivity index (χ1) is 12.8. The summed E-state index contributed by atoms with van der Waals surface area (Å²) in [5.74, 6) is -3.09. The quantitative estimate of drug-likeness (QED) is 0.627. The molecule has 0 bridgehead atoms. The molecule has 1 aromatic carbocycles. The fourth-order valence-electron chi connectivity index (χ4n) is 3.56. The lowest BCUT2D eigenvalue weighted by molar-refractivity contribution is -0.145. The van der Waals surface area contributed by atoms with Crippen LogP contribution in [0.15, 0.2) is 18.2 Å². The van der Waals surface area contributed by atoms with E-state index in [9.17, 15) is 23.6 Å². The van der Waals surface area contributed by atoms with Crippen molar-refractivity contribution in [2.24, 2.45) is 5.92 Å². The van der Waals surface area contributed by atoms with Crippen molar-refractivity contribution in [3.05, 3.63) is 29.0 Å². The summed E-state index contributed by atoms with van der Waals surface area (Å²) in [5.41, 5.74) is 0.145. The Bertz CT molecular complexity index is 816. The van der Waals surface area contributed by atoms with Gasteiger partial charge in [-0.2, -0.15) is 0 Å². The number of hydrogen-bond acceptors (Lipinski definition) is 4. The Balaban J connectivity index is 1.71. The van der Waals surface area contributed by atoms with Gasteiger partial charge in [0.05, 0.1) is 10.7 Å². The first-order valence-electron chi connectivity index (χ1n) is 8.73. The monoisotopic (exact) mass is 395 g/mol. The highest BCUT2D eigenvalue weighted by atomic mass is 35.5. The molecule has 0 unspecified atom stereocenters. The molecule has 9 heteroatoms. The van der Waals surface area contributed by atoms with Gasteiger partial charge in [-0.1, -0.05) is 31.4 Å². The number of nitrogens with one attached hydrogen (secondary N) is 1. The van der Waals surface area contributed by atoms with E-state index in [2.05, 4.69) is 5.32 Å². The van der Waals surface area contributed by atoms with Crippen LogP contribution in [-0.4, -0.2) is 46.1 Å². The van der Waals surface area contributed by atoms with Gasteiger partial charge < -0.3 is 5.32 Å². The molecule has 1 N–H and O–H groups in total. The van der Waals surface area contributed by atoms with E-state index < -0.39 is 36.1 Å². The average molecular weight is 396 g/mol. The predicted molar refractivity (Wildman–Crippen MR) is 95.4 cm³/mol. The number of hydrogen-bond donors (Lipinski definition) is 1. The van der Waals surface area contributed by atoms with E-state index in [4.69, 9.17) is 11.6 Å². The molecule has 1 saturated heterocycles. The largest absolute Gasteiger partial charge is 0.334 e. The first kappa shape index (κ1) is 19.3. The van der Waals surface area contributed by atoms with E-state index in [0.717, 1.165) is 36.3 Å². The lowest BCUT2D eigenvalue weighted by Crippen LogP contribution is -2.46. The SMILES string of the molecule is C[C@H]1CCCC[C@H]1N1C(=O)C(=O)N(CC(=O)Nc2ccc(F)cc2Cl)C1=O. The van der Waals surface area contributed by atoms with Crippen molar-refractivity contribution in [2.45, 2.75) is 38.6 Å². The molecule has 2 fully saturated rings. The zero-order valence-electron chi connectivity index (χ0n) is 14.7. The number of amides is 5. The van der Waals surface area contributed by atoms with Crippen LogP contribution < -0.4 is 5.32 Å². The van der Waals surface area contributed by atoms with Crippen molar-refractivity contribution in [1.82, 2.24) is 9.80 Å². The van der Waals surface area contributed by atoms with Gasteiger partial charge in [0.25, 0.3) is 0 Å². The molecule has 7 nitrogen and oxygen atoms in total. The summed E-state index contributed by atoms with van der Waals surface area (Å²) in [7, 11) is 0. The van der Waals surface area contributed by atoms with Gasteiger partial charge in [-0.25, -0.2) is 14.1 Å². The first-order valence-corrected chi connectivity index (χ1v) is 9.11. The molecule has 5 amide bonds. The van der Waals surface area contributed by atoms with Crippen molar-refractivity contribution in [1.29, 1.82) is 0 Å². The summed E-state index contributed by atoms with van der Waals surface area (Å²) in [5, 5.41) is 2.39. The number of imide groups is 2. The number of rotatable bonds is 4. The summed E-state index contributed by atoms with van der Waals surface area (Å²) >= 11 is 5.85. The van der Waals surface area contributed by atoms with Gasteiger partial charge in [-0.15, -0.1) is 0 Å². The van der Waals surface area contributed by atoms with Gasteiger partial charge >= 0.3 is 17.8 Å². The zero-order chi connectivity index (χ0) is 19.7. The molecule has 1 aliphatic heterocycles. The summed E-state index contributed by atoms with van der Waals surface area (Å²) in [4.78, 5) is 51.0. The molecular formula is C18H19ClFN3O4. The second-order valence-electron chi connectivity index (χ2n) is 6.85. The molecule has 2 aliphatic rings. The summed E-state index contributed by atoms with van der Waals surface area (Å²) < 4.78 is 13.1. The molecule has 0 aromatic heterocycles. The fraction of sp³-hybridized carbons (Fsp3) is 0.444. The Kier molecular flexibility index (Phi) is 5.46. The van der Waals surface area contributed by atoms with E-state index in [0.29, 0.717) is 11.3 Å². The van der Waals surface area contributed by atoms with Crippen molar-refractivity contribution in [3.63, 3.8) is 0 Å². The summed E-state index contributed by atoms with van der Waals surface area (Å²) in [6.45, 7) is 1.33. The number of halogens is 2. The molecule has 2 atom stereocenters. The van der Waals surface area contributed by atoms with Crippen LogP contribution >= 0.6 is 11.6 Å². The number of carbonyl (C=O) groups excluding carboxylic acids is 4. The molecule has 0 radical (unpaired) electrons. The minimum Gasteiger partial charge on any atom is -0.323 e. The molecule has 0 spiro atoms. The maximum absolute atomic E-state index is 13.1. The van der Waals surface area contributed by atoms with Crippen molar-refractivity contribution in [2.75, 3.05) is 11.9 Å². The Morgan fingerprint density at radius 2 is 1.93 bits per heavy atom. The molecule has 3 rings (SSSR count). The number of benzene rings is 1. The van der Waals surface area contributed by atoms with Crippen molar-refractivity contribution >= 4 is 41.0 Å². The van der Waals surface area contributed by atoms with E-state index in [1.165, 1.54) is 6.07 Å². The van der Waals surface area contributed by atoms with Gasteiger partial charge in [0, 0.05) is 6.04 Å². The Hall–Kier alpha value is -2.48. The zero-order valence-corrected chi connectivity index (χ0v) is 15.5. The van der Waals surface area contributed by atoms with Crippen LogP contribution in [0.3, 0.4) is 0 Å². The maximum Gasteiger partial charge on any atom is 0.334 e. The highest BCUT2D eigenvalue weighted by Crippen LogP contribution is 2.31. The van der Waals surface area contributed by atoms with Gasteiger partial charge in [-0.3, -0.25) is 19.3 Å². The van der Waals surface area contributed by atoms with Crippen LogP contribution in [0.25, 0.3) is 0 Å². The molecule has 1 saturated carbocycles. The fourth-order valence-corrected chi connectivity index (χ4v) is 3.77. The van der Waals surface area contributed by atoms with Crippen LogP contribution in [0.1, 0.15) is 32.6 Å². The Morgan fingerprint density at radius 1 is 1.22 bits per heavy atom. The summed E-state index contributed by atoms with van der Waals surface area (Å²) in [6.07, 6.45) is 3.42. The lowest BCUT2D eigenvalue weighted by atomic mass is 9.85. The topological polar surface area (TPSA) is 86.8 Å². The molecule has 1 aromatic rings. The normalized spacial score (nSPS) is 23.1. The standard InChI is InChI=1S/C18H19ClFN3O4/c1-10-4-2-3-5-14(10)23-17(26)16(25)22(18(23)27)9-15(24)21-13-7-6-11(20)8-12(13)19/h6-8,10,14H,2-5,9H2,1H3,(H,21,24)/t10-,14+/m0/s1. The van der Waals surface area contributed by atoms with Gasteiger partial charge in [0.2, 0.25) is 5.91 Å². The molecule has 1 aliphatic carbocycles. The number of nitrogens with zero attached hydrogens (tertiary/aromatic N) is 2. The van der Waals surface area contributed by atoms with E-state index >= 15 is 0 Å². The number of carbonyl (C=O) groups is 4.